The Morgan fingerprint density at radius 3 is 2.38 bits per heavy atom. The van der Waals surface area contributed by atoms with Crippen molar-refractivity contribution >= 4 is 16.7 Å². The van der Waals surface area contributed by atoms with Crippen LogP contribution in [0.4, 0.5) is 0 Å². The van der Waals surface area contributed by atoms with E-state index in [-0.39, 0.29) is 12.5 Å². The third kappa shape index (κ3) is 4.33. The van der Waals surface area contributed by atoms with Gasteiger partial charge in [0, 0.05) is 5.39 Å². The lowest BCUT2D eigenvalue weighted by atomic mass is 10.1. The van der Waals surface area contributed by atoms with Crippen molar-refractivity contribution in [3.8, 4) is 11.5 Å². The molecule has 26 heavy (non-hydrogen) atoms. The Bertz CT molecular complexity index is 879. The van der Waals surface area contributed by atoms with Crippen LogP contribution < -0.4 is 14.8 Å². The molecule has 4 nitrogen and oxygen atoms in total. The minimum atomic E-state index is -0.158. The fourth-order valence-electron chi connectivity index (χ4n) is 2.89. The number of carbonyl (C=O) groups excluding carboxylic acids is 1. The minimum absolute atomic E-state index is 0.0000387. The van der Waals surface area contributed by atoms with Gasteiger partial charge in [0.05, 0.1) is 6.54 Å². The van der Waals surface area contributed by atoms with Crippen LogP contribution in [0.15, 0.2) is 60.7 Å². The van der Waals surface area contributed by atoms with Gasteiger partial charge in [-0.25, -0.2) is 0 Å². The first kappa shape index (κ1) is 17.8. The number of nitrogens with one attached hydrogen (secondary N) is 1. The van der Waals surface area contributed by atoms with Crippen LogP contribution in [-0.2, 0) is 4.79 Å². The molecule has 0 aromatic heterocycles. The summed E-state index contributed by atoms with van der Waals surface area (Å²) in [6, 6.07) is 19.9. The van der Waals surface area contributed by atoms with Crippen LogP contribution in [0.2, 0.25) is 0 Å². The molecule has 0 aliphatic rings. The molecule has 0 atom stereocenters. The zero-order chi connectivity index (χ0) is 18.4. The number of para-hydroxylation sites is 1. The number of hydrogen-bond acceptors (Lipinski definition) is 3. The quantitative estimate of drug-likeness (QED) is 0.655. The maximum atomic E-state index is 12.0. The van der Waals surface area contributed by atoms with Gasteiger partial charge in [0.2, 0.25) is 0 Å². The van der Waals surface area contributed by atoms with Gasteiger partial charge in [0.15, 0.2) is 6.61 Å². The van der Waals surface area contributed by atoms with Gasteiger partial charge in [0.25, 0.3) is 5.91 Å². The van der Waals surface area contributed by atoms with Crippen LogP contribution in [0.5, 0.6) is 11.5 Å². The Labute approximate surface area is 153 Å². The summed E-state index contributed by atoms with van der Waals surface area (Å²) in [5, 5.41) is 5.03. The fourth-order valence-corrected chi connectivity index (χ4v) is 2.89. The first-order valence-corrected chi connectivity index (χ1v) is 8.71. The summed E-state index contributed by atoms with van der Waals surface area (Å²) in [6.45, 7) is 4.78. The van der Waals surface area contributed by atoms with Gasteiger partial charge < -0.3 is 14.8 Å². The fraction of sp³-hybridized carbons (Fsp3) is 0.227. The van der Waals surface area contributed by atoms with Crippen molar-refractivity contribution in [3.63, 3.8) is 0 Å². The molecule has 0 bridgehead atoms. The SMILES string of the molecule is Cc1cccc(C)c1OCC(=O)NCCOc1cccc2ccccc12. The van der Waals surface area contributed by atoms with Crippen LogP contribution in [0, 0.1) is 13.8 Å². The maximum absolute atomic E-state index is 12.0. The highest BCUT2D eigenvalue weighted by atomic mass is 16.5. The molecule has 3 rings (SSSR count). The molecular formula is C22H23NO3. The summed E-state index contributed by atoms with van der Waals surface area (Å²) in [5.74, 6) is 1.44. The molecule has 0 saturated heterocycles. The predicted octanol–water partition coefficient (Wildman–Crippen LogP) is 4.03. The number of rotatable bonds is 7. The number of carbonyl (C=O) groups is 1. The molecule has 0 unspecified atom stereocenters. The number of amides is 1. The molecule has 0 radical (unpaired) electrons. The number of fused-ring (bicyclic) bond motifs is 1. The molecule has 0 heterocycles. The highest BCUT2D eigenvalue weighted by Gasteiger charge is 2.07. The summed E-state index contributed by atoms with van der Waals surface area (Å²) in [6.07, 6.45) is 0. The Morgan fingerprint density at radius 1 is 0.885 bits per heavy atom. The smallest absolute Gasteiger partial charge is 0.258 e. The second kappa shape index (κ2) is 8.39. The van der Waals surface area contributed by atoms with E-state index in [0.717, 1.165) is 33.4 Å². The summed E-state index contributed by atoms with van der Waals surface area (Å²) in [5.41, 5.74) is 2.05. The molecule has 4 heteroatoms. The molecule has 0 fully saturated rings. The van der Waals surface area contributed by atoms with Crippen molar-refractivity contribution in [1.29, 1.82) is 0 Å². The third-order valence-corrected chi connectivity index (χ3v) is 4.19. The number of benzene rings is 3. The largest absolute Gasteiger partial charge is 0.491 e. The standard InChI is InChI=1S/C22H23NO3/c1-16-7-5-8-17(2)22(16)26-15-21(24)23-13-14-25-20-12-6-10-18-9-3-4-11-19(18)20/h3-12H,13-15H2,1-2H3,(H,23,24). The van der Waals surface area contributed by atoms with E-state index in [1.807, 2.05) is 62.4 Å². The topological polar surface area (TPSA) is 47.6 Å². The van der Waals surface area contributed by atoms with E-state index in [9.17, 15) is 4.79 Å². The van der Waals surface area contributed by atoms with Crippen molar-refractivity contribution in [2.24, 2.45) is 0 Å². The van der Waals surface area contributed by atoms with Crippen LogP contribution in [0.25, 0.3) is 10.8 Å². The molecule has 1 N–H and O–H groups in total. The zero-order valence-electron chi connectivity index (χ0n) is 15.1. The normalized spacial score (nSPS) is 10.5. The van der Waals surface area contributed by atoms with E-state index < -0.39 is 0 Å². The van der Waals surface area contributed by atoms with Crippen molar-refractivity contribution in [3.05, 3.63) is 71.8 Å². The van der Waals surface area contributed by atoms with E-state index in [2.05, 4.69) is 17.4 Å². The van der Waals surface area contributed by atoms with Crippen LogP contribution in [-0.4, -0.2) is 25.7 Å². The Hall–Kier alpha value is -3.01. The predicted molar refractivity (Wildman–Crippen MR) is 104 cm³/mol. The van der Waals surface area contributed by atoms with Gasteiger partial charge in [0.1, 0.15) is 18.1 Å². The van der Waals surface area contributed by atoms with Gasteiger partial charge >= 0.3 is 0 Å². The van der Waals surface area contributed by atoms with E-state index in [4.69, 9.17) is 9.47 Å². The van der Waals surface area contributed by atoms with Gasteiger partial charge in [-0.1, -0.05) is 54.6 Å². The number of ether oxygens (including phenoxy) is 2. The minimum Gasteiger partial charge on any atom is -0.491 e. The Kier molecular flexibility index (Phi) is 5.74. The maximum Gasteiger partial charge on any atom is 0.258 e. The van der Waals surface area contributed by atoms with Crippen LogP contribution in [0.1, 0.15) is 11.1 Å². The van der Waals surface area contributed by atoms with Gasteiger partial charge in [-0.05, 0) is 36.4 Å². The van der Waals surface area contributed by atoms with Gasteiger partial charge in [-0.2, -0.15) is 0 Å². The summed E-state index contributed by atoms with van der Waals surface area (Å²) < 4.78 is 11.5. The molecule has 3 aromatic rings. The molecule has 134 valence electrons. The summed E-state index contributed by atoms with van der Waals surface area (Å²) in [7, 11) is 0. The van der Waals surface area contributed by atoms with E-state index in [0.29, 0.717) is 13.2 Å². The second-order valence-corrected chi connectivity index (χ2v) is 6.19. The number of aryl methyl sites for hydroxylation is 2. The lowest BCUT2D eigenvalue weighted by Gasteiger charge is -2.12. The van der Waals surface area contributed by atoms with Gasteiger partial charge in [-0.15, -0.1) is 0 Å². The molecule has 0 spiro atoms. The first-order chi connectivity index (χ1) is 12.6. The molecule has 3 aromatic carbocycles. The molecular weight excluding hydrogens is 326 g/mol. The lowest BCUT2D eigenvalue weighted by Crippen LogP contribution is -2.32. The van der Waals surface area contributed by atoms with E-state index in [1.54, 1.807) is 0 Å². The summed E-state index contributed by atoms with van der Waals surface area (Å²) in [4.78, 5) is 12.0. The highest BCUT2D eigenvalue weighted by molar-refractivity contribution is 5.88. The van der Waals surface area contributed by atoms with Crippen LogP contribution in [0.3, 0.4) is 0 Å². The molecule has 1 amide bonds. The van der Waals surface area contributed by atoms with Crippen molar-refractivity contribution in [2.45, 2.75) is 13.8 Å². The summed E-state index contributed by atoms with van der Waals surface area (Å²) >= 11 is 0. The highest BCUT2D eigenvalue weighted by Crippen LogP contribution is 2.25. The average molecular weight is 349 g/mol. The zero-order valence-corrected chi connectivity index (χ0v) is 15.1. The first-order valence-electron chi connectivity index (χ1n) is 8.71. The van der Waals surface area contributed by atoms with Crippen molar-refractivity contribution < 1.29 is 14.3 Å². The lowest BCUT2D eigenvalue weighted by molar-refractivity contribution is -0.123. The average Bonchev–Trinajstić information content (AvgIpc) is 2.65. The monoisotopic (exact) mass is 349 g/mol. The Balaban J connectivity index is 1.45. The molecule has 0 saturated carbocycles. The second-order valence-electron chi connectivity index (χ2n) is 6.19. The Morgan fingerprint density at radius 2 is 1.58 bits per heavy atom. The third-order valence-electron chi connectivity index (χ3n) is 4.19. The van der Waals surface area contributed by atoms with Gasteiger partial charge in [-0.3, -0.25) is 4.79 Å². The number of hydrogen-bond donors (Lipinski definition) is 1. The molecule has 0 aliphatic carbocycles. The molecule has 0 aliphatic heterocycles. The van der Waals surface area contributed by atoms with Crippen LogP contribution >= 0.6 is 0 Å². The van der Waals surface area contributed by atoms with E-state index >= 15 is 0 Å². The van der Waals surface area contributed by atoms with Crippen molar-refractivity contribution in [1.82, 2.24) is 5.32 Å². The van der Waals surface area contributed by atoms with E-state index in [1.165, 1.54) is 0 Å². The van der Waals surface area contributed by atoms with Crippen molar-refractivity contribution in [2.75, 3.05) is 19.8 Å².